The minimum Gasteiger partial charge on any atom is -0.489 e. The molecule has 0 radical (unpaired) electrons. The topological polar surface area (TPSA) is 160 Å². The Kier molecular flexibility index (Phi) is 9.63. The number of nitrogens with one attached hydrogen (secondary N) is 2. The summed E-state index contributed by atoms with van der Waals surface area (Å²) in [5.41, 5.74) is 6.96. The van der Waals surface area contributed by atoms with E-state index in [2.05, 4.69) is 25.5 Å². The Balaban J connectivity index is 1.44. The fourth-order valence-corrected chi connectivity index (χ4v) is 6.82. The van der Waals surface area contributed by atoms with Crippen LogP contribution in [0, 0.1) is 0 Å². The van der Waals surface area contributed by atoms with Crippen LogP contribution in [0.5, 0.6) is 5.75 Å². The number of likely N-dealkylation sites (tertiary alicyclic amines) is 1. The second-order valence-corrected chi connectivity index (χ2v) is 14.5. The van der Waals surface area contributed by atoms with Gasteiger partial charge in [-0.3, -0.25) is 14.5 Å². The van der Waals surface area contributed by atoms with Crippen molar-refractivity contribution in [1.82, 2.24) is 19.8 Å². The Labute approximate surface area is 268 Å². The fourth-order valence-electron chi connectivity index (χ4n) is 5.48. The summed E-state index contributed by atoms with van der Waals surface area (Å²) in [7, 11) is -3.60. The van der Waals surface area contributed by atoms with E-state index in [0.717, 1.165) is 19.6 Å². The zero-order valence-corrected chi connectivity index (χ0v) is 27.3. The van der Waals surface area contributed by atoms with Crippen LogP contribution in [0.15, 0.2) is 47.5 Å². The first-order valence-corrected chi connectivity index (χ1v) is 16.9. The highest BCUT2D eigenvalue weighted by Crippen LogP contribution is 2.38. The van der Waals surface area contributed by atoms with Crippen LogP contribution in [0.4, 0.5) is 23.1 Å². The van der Waals surface area contributed by atoms with Gasteiger partial charge in [-0.25, -0.2) is 13.4 Å². The Morgan fingerprint density at radius 2 is 1.69 bits per heavy atom. The zero-order chi connectivity index (χ0) is 32.5. The highest BCUT2D eigenvalue weighted by Gasteiger charge is 2.42. The summed E-state index contributed by atoms with van der Waals surface area (Å²) < 4.78 is 32.0. The molecule has 1 aromatic heterocycles. The summed E-state index contributed by atoms with van der Waals surface area (Å²) in [5, 5.41) is 5.68. The zero-order valence-electron chi connectivity index (χ0n) is 25.7. The number of para-hydroxylation sites is 1. The van der Waals surface area contributed by atoms with Gasteiger partial charge in [0.1, 0.15) is 10.8 Å². The van der Waals surface area contributed by atoms with Crippen LogP contribution < -0.4 is 21.1 Å². The summed E-state index contributed by atoms with van der Waals surface area (Å²) in [5.74, 6) is -0.0524. The maximum absolute atomic E-state index is 13.6. The van der Waals surface area contributed by atoms with Gasteiger partial charge in [0.2, 0.25) is 5.95 Å². The molecule has 0 saturated carbocycles. The number of hydrogen-bond donors (Lipinski definition) is 3. The van der Waals surface area contributed by atoms with Crippen LogP contribution in [0.25, 0.3) is 0 Å². The number of carbonyl (C=O) groups is 2. The van der Waals surface area contributed by atoms with E-state index in [4.69, 9.17) is 22.1 Å². The number of anilines is 4. The van der Waals surface area contributed by atoms with E-state index in [1.807, 2.05) is 13.8 Å². The predicted molar refractivity (Wildman–Crippen MR) is 174 cm³/mol. The molecular weight excluding hydrogens is 618 g/mol. The monoisotopic (exact) mass is 655 g/mol. The van der Waals surface area contributed by atoms with Crippen LogP contribution >= 0.6 is 11.6 Å². The number of rotatable bonds is 11. The van der Waals surface area contributed by atoms with Crippen LogP contribution in [0.2, 0.25) is 5.02 Å². The summed E-state index contributed by atoms with van der Waals surface area (Å²) in [6, 6.07) is 9.49. The van der Waals surface area contributed by atoms with E-state index in [9.17, 15) is 18.0 Å². The van der Waals surface area contributed by atoms with Crippen LogP contribution in [0.1, 0.15) is 61.3 Å². The molecule has 3 aromatic rings. The molecular formula is C31H38ClN7O5S. The summed E-state index contributed by atoms with van der Waals surface area (Å²) in [4.78, 5) is 39.6. The van der Waals surface area contributed by atoms with Gasteiger partial charge in [0, 0.05) is 32.2 Å². The molecule has 45 heavy (non-hydrogen) atoms. The average Bonchev–Trinajstić information content (AvgIpc) is 3.23. The second-order valence-electron chi connectivity index (χ2n) is 11.6. The van der Waals surface area contributed by atoms with Gasteiger partial charge in [-0.15, -0.1) is 0 Å². The number of sulfone groups is 1. The fraction of sp³-hybridized carbons (Fsp3) is 0.419. The number of piperidine rings is 1. The molecule has 1 fully saturated rings. The smallest absolute Gasteiger partial charge is 0.261 e. The predicted octanol–water partition coefficient (Wildman–Crippen LogP) is 4.61. The number of nitrogens with zero attached hydrogens (tertiary/aromatic N) is 4. The maximum Gasteiger partial charge on any atom is 0.261 e. The van der Waals surface area contributed by atoms with Crippen molar-refractivity contribution < 1.29 is 22.7 Å². The van der Waals surface area contributed by atoms with Gasteiger partial charge in [-0.05, 0) is 64.8 Å². The Morgan fingerprint density at radius 3 is 2.33 bits per heavy atom. The van der Waals surface area contributed by atoms with Crippen molar-refractivity contribution in [3.05, 3.63) is 58.7 Å². The number of fused-ring (bicyclic) bond motifs is 1. The number of hydrogen-bond acceptors (Lipinski definition) is 11. The molecule has 1 saturated heterocycles. The van der Waals surface area contributed by atoms with Gasteiger partial charge < -0.3 is 26.0 Å². The molecule has 0 bridgehead atoms. The molecule has 3 heterocycles. The van der Waals surface area contributed by atoms with E-state index in [-0.39, 0.29) is 56.8 Å². The van der Waals surface area contributed by atoms with E-state index < -0.39 is 15.1 Å². The minimum atomic E-state index is -3.60. The number of amides is 2. The molecule has 2 amide bonds. The molecule has 240 valence electrons. The van der Waals surface area contributed by atoms with Crippen LogP contribution in [-0.2, 0) is 9.84 Å². The summed E-state index contributed by atoms with van der Waals surface area (Å²) in [6.07, 6.45) is 2.51. The quantitative estimate of drug-likeness (QED) is 0.248. The number of imide groups is 1. The van der Waals surface area contributed by atoms with Gasteiger partial charge in [0.15, 0.2) is 15.7 Å². The highest BCUT2D eigenvalue weighted by atomic mass is 35.5. The lowest BCUT2D eigenvalue weighted by atomic mass is 10.0. The van der Waals surface area contributed by atoms with Crippen molar-refractivity contribution in [3.63, 3.8) is 0 Å². The van der Waals surface area contributed by atoms with Crippen LogP contribution in [0.3, 0.4) is 0 Å². The lowest BCUT2D eigenvalue weighted by molar-refractivity contribution is 0.0504. The minimum absolute atomic E-state index is 0.112. The second kappa shape index (κ2) is 13.3. The molecule has 4 N–H and O–H groups in total. The van der Waals surface area contributed by atoms with Gasteiger partial charge in [-0.2, -0.15) is 4.98 Å². The van der Waals surface area contributed by atoms with Crippen molar-refractivity contribution in [2.45, 2.75) is 62.8 Å². The van der Waals surface area contributed by atoms with Gasteiger partial charge in [-0.1, -0.05) is 23.7 Å². The number of nitrogens with two attached hydrogens (primary N) is 1. The summed E-state index contributed by atoms with van der Waals surface area (Å²) >= 11 is 6.42. The normalized spacial score (nSPS) is 16.0. The molecule has 0 unspecified atom stereocenters. The van der Waals surface area contributed by atoms with Crippen LogP contribution in [-0.4, -0.2) is 83.6 Å². The first-order valence-electron chi connectivity index (χ1n) is 14.9. The number of aromatic nitrogens is 2. The number of carbonyl (C=O) groups excluding carboxylic acids is 2. The van der Waals surface area contributed by atoms with E-state index in [1.165, 1.54) is 17.2 Å². The number of benzene rings is 2. The summed E-state index contributed by atoms with van der Waals surface area (Å²) in [6.45, 7) is 9.82. The molecule has 5 rings (SSSR count). The molecule has 2 aliphatic heterocycles. The van der Waals surface area contributed by atoms with Crippen molar-refractivity contribution >= 4 is 56.4 Å². The highest BCUT2D eigenvalue weighted by molar-refractivity contribution is 7.92. The molecule has 0 aliphatic carbocycles. The molecule has 14 heteroatoms. The lowest BCUT2D eigenvalue weighted by Crippen LogP contribution is -2.48. The van der Waals surface area contributed by atoms with E-state index in [1.54, 1.807) is 44.2 Å². The van der Waals surface area contributed by atoms with Crippen molar-refractivity contribution in [3.8, 4) is 5.75 Å². The van der Waals surface area contributed by atoms with Gasteiger partial charge >= 0.3 is 0 Å². The van der Waals surface area contributed by atoms with E-state index in [0.29, 0.717) is 36.5 Å². The van der Waals surface area contributed by atoms with Gasteiger partial charge in [0.25, 0.3) is 11.8 Å². The van der Waals surface area contributed by atoms with Gasteiger partial charge in [0.05, 0.1) is 44.9 Å². The third kappa shape index (κ3) is 6.76. The average molecular weight is 656 g/mol. The molecule has 0 spiro atoms. The Morgan fingerprint density at radius 1 is 1.02 bits per heavy atom. The molecule has 2 aromatic carbocycles. The van der Waals surface area contributed by atoms with Crippen molar-refractivity contribution in [1.29, 1.82) is 0 Å². The van der Waals surface area contributed by atoms with E-state index >= 15 is 0 Å². The SMILES string of the molecule is CC(C)Oc1cc2c(cc1Nc1ncc(Cl)c(Nc3ccccc3S(=O)(=O)C(C)C)n1)C(=O)N(C1CCN(CCN)CC1)C2=O. The molecule has 0 atom stereocenters. The maximum atomic E-state index is 13.6. The third-order valence-corrected chi connectivity index (χ3v) is 10.3. The first-order chi connectivity index (χ1) is 21.4. The largest absolute Gasteiger partial charge is 0.489 e. The number of halogens is 1. The standard InChI is InChI=1S/C31H38ClN7O5S/c1-18(2)44-26-16-22-21(29(40)39(30(22)41)20-9-12-38(13-10-20)14-11-33)15-25(26)36-31-34-17-23(32)28(37-31)35-24-7-5-6-8-27(24)45(42,43)19(3)4/h5-8,15-20H,9-14,33H2,1-4H3,(H2,34,35,36,37). The molecule has 2 aliphatic rings. The number of ether oxygens (including phenoxy) is 1. The Bertz CT molecular complexity index is 1710. The Hall–Kier alpha value is -3.78. The third-order valence-electron chi connectivity index (χ3n) is 7.81. The first kappa shape index (κ1) is 32.6. The lowest BCUT2D eigenvalue weighted by Gasteiger charge is -2.35. The molecule has 12 nitrogen and oxygen atoms in total. The van der Waals surface area contributed by atoms with Crippen molar-refractivity contribution in [2.75, 3.05) is 36.8 Å². The van der Waals surface area contributed by atoms with Crippen molar-refractivity contribution in [2.24, 2.45) is 5.73 Å².